The van der Waals surface area contributed by atoms with E-state index in [2.05, 4.69) is 9.97 Å². The molecular formula is C11H17F3N4. The van der Waals surface area contributed by atoms with Crippen LogP contribution in [0, 0.1) is 5.92 Å². The molecule has 2 N–H and O–H groups in total. The SMILES string of the molecule is CCN(CC(C)C)c1cc(N)nc(C(F)(F)F)n1. The number of alkyl halides is 3. The lowest BCUT2D eigenvalue weighted by molar-refractivity contribution is -0.144. The van der Waals surface area contributed by atoms with Crippen molar-refractivity contribution in [1.82, 2.24) is 9.97 Å². The third-order valence-electron chi connectivity index (χ3n) is 2.28. The largest absolute Gasteiger partial charge is 0.451 e. The van der Waals surface area contributed by atoms with Crippen LogP contribution in [0.1, 0.15) is 26.6 Å². The first kappa shape index (κ1) is 14.5. The summed E-state index contributed by atoms with van der Waals surface area (Å²) in [6.07, 6.45) is -4.58. The van der Waals surface area contributed by atoms with Gasteiger partial charge in [0.25, 0.3) is 0 Å². The van der Waals surface area contributed by atoms with Gasteiger partial charge >= 0.3 is 6.18 Å². The minimum Gasteiger partial charge on any atom is -0.384 e. The quantitative estimate of drug-likeness (QED) is 0.906. The summed E-state index contributed by atoms with van der Waals surface area (Å²) in [5.74, 6) is -0.837. The van der Waals surface area contributed by atoms with Crippen molar-refractivity contribution in [2.75, 3.05) is 23.7 Å². The average Bonchev–Trinajstić information content (AvgIpc) is 2.23. The third-order valence-corrected chi connectivity index (χ3v) is 2.28. The van der Waals surface area contributed by atoms with Crippen molar-refractivity contribution >= 4 is 11.6 Å². The van der Waals surface area contributed by atoms with Crippen LogP contribution in [0.25, 0.3) is 0 Å². The molecule has 0 aromatic carbocycles. The zero-order chi connectivity index (χ0) is 13.9. The first-order valence-electron chi connectivity index (χ1n) is 5.70. The summed E-state index contributed by atoms with van der Waals surface area (Å²) in [7, 11) is 0. The molecule has 1 rings (SSSR count). The van der Waals surface area contributed by atoms with Crippen LogP contribution in [0.4, 0.5) is 24.8 Å². The van der Waals surface area contributed by atoms with Crippen LogP contribution >= 0.6 is 0 Å². The number of hydrogen-bond acceptors (Lipinski definition) is 4. The molecule has 0 atom stereocenters. The van der Waals surface area contributed by atoms with Crippen molar-refractivity contribution in [3.05, 3.63) is 11.9 Å². The van der Waals surface area contributed by atoms with E-state index in [0.717, 1.165) is 0 Å². The molecule has 0 aliphatic rings. The standard InChI is InChI=1S/C11H17F3N4/c1-4-18(6-7(2)3)9-5-8(15)16-10(17-9)11(12,13)14/h5,7H,4,6H2,1-3H3,(H2,15,16,17). The maximum atomic E-state index is 12.6. The van der Waals surface area contributed by atoms with Gasteiger partial charge in [-0.25, -0.2) is 9.97 Å². The molecule has 0 radical (unpaired) electrons. The second-order valence-electron chi connectivity index (χ2n) is 4.40. The van der Waals surface area contributed by atoms with Gasteiger partial charge in [0, 0.05) is 19.2 Å². The molecule has 0 spiro atoms. The highest BCUT2D eigenvalue weighted by Gasteiger charge is 2.35. The Kier molecular flexibility index (Phi) is 4.37. The van der Waals surface area contributed by atoms with Gasteiger partial charge in [0.2, 0.25) is 5.82 Å². The van der Waals surface area contributed by atoms with Crippen molar-refractivity contribution in [2.45, 2.75) is 26.9 Å². The van der Waals surface area contributed by atoms with Gasteiger partial charge in [-0.2, -0.15) is 13.2 Å². The Hall–Kier alpha value is -1.53. The third kappa shape index (κ3) is 3.75. The van der Waals surface area contributed by atoms with Crippen LogP contribution in [0.5, 0.6) is 0 Å². The zero-order valence-electron chi connectivity index (χ0n) is 10.6. The minimum absolute atomic E-state index is 0.172. The van der Waals surface area contributed by atoms with Crippen LogP contribution in [-0.2, 0) is 6.18 Å². The maximum absolute atomic E-state index is 12.6. The number of hydrogen-bond donors (Lipinski definition) is 1. The molecule has 0 aliphatic heterocycles. The summed E-state index contributed by atoms with van der Waals surface area (Å²) >= 11 is 0. The molecule has 0 bridgehead atoms. The molecule has 0 aliphatic carbocycles. The van der Waals surface area contributed by atoms with Crippen LogP contribution in [-0.4, -0.2) is 23.1 Å². The fourth-order valence-corrected chi connectivity index (χ4v) is 1.57. The summed E-state index contributed by atoms with van der Waals surface area (Å²) in [5.41, 5.74) is 5.40. The highest BCUT2D eigenvalue weighted by Crippen LogP contribution is 2.28. The van der Waals surface area contributed by atoms with Crippen molar-refractivity contribution in [3.63, 3.8) is 0 Å². The summed E-state index contributed by atoms with van der Waals surface area (Å²) in [4.78, 5) is 8.50. The van der Waals surface area contributed by atoms with Gasteiger partial charge in [-0.3, -0.25) is 0 Å². The van der Waals surface area contributed by atoms with E-state index in [-0.39, 0.29) is 11.6 Å². The number of nitrogen functional groups attached to an aromatic ring is 1. The minimum atomic E-state index is -4.58. The Balaban J connectivity index is 3.11. The molecule has 4 nitrogen and oxygen atoms in total. The van der Waals surface area contributed by atoms with Gasteiger partial charge < -0.3 is 10.6 Å². The topological polar surface area (TPSA) is 55.0 Å². The Morgan fingerprint density at radius 1 is 1.33 bits per heavy atom. The fourth-order valence-electron chi connectivity index (χ4n) is 1.57. The van der Waals surface area contributed by atoms with Crippen LogP contribution in [0.2, 0.25) is 0 Å². The fraction of sp³-hybridized carbons (Fsp3) is 0.636. The van der Waals surface area contributed by atoms with Gasteiger partial charge in [0.1, 0.15) is 11.6 Å². The molecule has 0 saturated heterocycles. The molecule has 0 unspecified atom stereocenters. The van der Waals surface area contributed by atoms with Crippen LogP contribution < -0.4 is 10.6 Å². The average molecular weight is 262 g/mol. The summed E-state index contributed by atoms with van der Waals surface area (Å²) in [6.45, 7) is 7.00. The molecule has 0 amide bonds. The lowest BCUT2D eigenvalue weighted by Crippen LogP contribution is -2.29. The van der Waals surface area contributed by atoms with Gasteiger partial charge in [-0.1, -0.05) is 13.8 Å². The van der Waals surface area contributed by atoms with Crippen molar-refractivity contribution in [3.8, 4) is 0 Å². The predicted octanol–water partition coefficient (Wildman–Crippen LogP) is 2.56. The van der Waals surface area contributed by atoms with Gasteiger partial charge in [-0.05, 0) is 12.8 Å². The lowest BCUT2D eigenvalue weighted by atomic mass is 10.2. The smallest absolute Gasteiger partial charge is 0.384 e. The summed E-state index contributed by atoms with van der Waals surface area (Å²) < 4.78 is 37.7. The van der Waals surface area contributed by atoms with E-state index in [0.29, 0.717) is 19.0 Å². The van der Waals surface area contributed by atoms with E-state index < -0.39 is 12.0 Å². The second-order valence-corrected chi connectivity index (χ2v) is 4.40. The van der Waals surface area contributed by atoms with Crippen molar-refractivity contribution in [2.24, 2.45) is 5.92 Å². The highest BCUT2D eigenvalue weighted by molar-refractivity contribution is 5.47. The highest BCUT2D eigenvalue weighted by atomic mass is 19.4. The summed E-state index contributed by atoms with van der Waals surface area (Å²) in [6, 6.07) is 1.36. The van der Waals surface area contributed by atoms with Gasteiger partial charge in [-0.15, -0.1) is 0 Å². The molecule has 1 heterocycles. The second kappa shape index (κ2) is 5.41. The Bertz CT molecular complexity index is 404. The Labute approximate surface area is 104 Å². The van der Waals surface area contributed by atoms with E-state index >= 15 is 0 Å². The molecule has 0 saturated carbocycles. The van der Waals surface area contributed by atoms with Crippen LogP contribution in [0.3, 0.4) is 0 Å². The number of anilines is 2. The molecular weight excluding hydrogens is 245 g/mol. The normalized spacial score (nSPS) is 11.9. The lowest BCUT2D eigenvalue weighted by Gasteiger charge is -2.24. The van der Waals surface area contributed by atoms with Gasteiger partial charge in [0.15, 0.2) is 0 Å². The van der Waals surface area contributed by atoms with E-state index in [1.54, 1.807) is 4.90 Å². The first-order valence-corrected chi connectivity index (χ1v) is 5.70. The molecule has 1 aromatic rings. The molecule has 1 aromatic heterocycles. The molecule has 0 fully saturated rings. The zero-order valence-corrected chi connectivity index (χ0v) is 10.6. The number of rotatable bonds is 4. The van der Waals surface area contributed by atoms with E-state index in [9.17, 15) is 13.2 Å². The van der Waals surface area contributed by atoms with Crippen molar-refractivity contribution in [1.29, 1.82) is 0 Å². The molecule has 102 valence electrons. The van der Waals surface area contributed by atoms with Crippen LogP contribution in [0.15, 0.2) is 6.07 Å². The monoisotopic (exact) mass is 262 g/mol. The molecule has 7 heteroatoms. The number of nitrogens with two attached hydrogens (primary N) is 1. The Morgan fingerprint density at radius 2 is 1.94 bits per heavy atom. The summed E-state index contributed by atoms with van der Waals surface area (Å²) in [5, 5.41) is 0. The van der Waals surface area contributed by atoms with Crippen molar-refractivity contribution < 1.29 is 13.2 Å². The molecule has 18 heavy (non-hydrogen) atoms. The maximum Gasteiger partial charge on any atom is 0.451 e. The number of nitrogens with zero attached hydrogens (tertiary/aromatic N) is 3. The van der Waals surface area contributed by atoms with E-state index in [1.165, 1.54) is 6.07 Å². The number of aromatic nitrogens is 2. The van der Waals surface area contributed by atoms with E-state index in [1.807, 2.05) is 20.8 Å². The van der Waals surface area contributed by atoms with Gasteiger partial charge in [0.05, 0.1) is 0 Å². The predicted molar refractivity (Wildman–Crippen MR) is 64.2 cm³/mol. The Morgan fingerprint density at radius 3 is 2.39 bits per heavy atom. The first-order chi connectivity index (χ1) is 8.24. The number of halogens is 3. The van der Waals surface area contributed by atoms with E-state index in [4.69, 9.17) is 5.73 Å².